The predicted molar refractivity (Wildman–Crippen MR) is 134 cm³/mol. The molecule has 2 amide bonds. The maximum Gasteiger partial charge on any atom is 0.410 e. The molecule has 0 N–H and O–H groups in total. The number of nitrogens with zero attached hydrogens (tertiary/aromatic N) is 4. The summed E-state index contributed by atoms with van der Waals surface area (Å²) in [5, 5.41) is 0. The van der Waals surface area contributed by atoms with E-state index < -0.39 is 5.60 Å². The Labute approximate surface area is 211 Å². The molecular formula is C27H34N4O5. The molecule has 3 fully saturated rings. The third-order valence-electron chi connectivity index (χ3n) is 6.75. The fraction of sp³-hybridized carbons (Fsp3) is 0.519. The zero-order valence-electron chi connectivity index (χ0n) is 21.1. The second kappa shape index (κ2) is 9.87. The van der Waals surface area contributed by atoms with Gasteiger partial charge in [0.25, 0.3) is 0 Å². The molecule has 2 unspecified atom stereocenters. The maximum absolute atomic E-state index is 12.7. The van der Waals surface area contributed by atoms with E-state index in [1.807, 2.05) is 68.1 Å². The third kappa shape index (κ3) is 5.50. The van der Waals surface area contributed by atoms with E-state index in [4.69, 9.17) is 14.2 Å². The summed E-state index contributed by atoms with van der Waals surface area (Å²) in [6.07, 6.45) is 3.13. The van der Waals surface area contributed by atoms with E-state index in [-0.39, 0.29) is 37.0 Å². The van der Waals surface area contributed by atoms with Gasteiger partial charge in [-0.1, -0.05) is 30.3 Å². The molecule has 192 valence electrons. The monoisotopic (exact) mass is 494 g/mol. The van der Waals surface area contributed by atoms with Gasteiger partial charge < -0.3 is 28.9 Å². The smallest absolute Gasteiger partial charge is 0.410 e. The molecule has 3 saturated heterocycles. The first-order valence-corrected chi connectivity index (χ1v) is 12.6. The summed E-state index contributed by atoms with van der Waals surface area (Å²) < 4.78 is 17.0. The molecule has 2 aromatic rings. The number of hydrogen-bond donors (Lipinski definition) is 0. The van der Waals surface area contributed by atoms with Crippen LogP contribution in [0.3, 0.4) is 0 Å². The number of carbonyl (C=O) groups is 2. The number of rotatable bonds is 5. The maximum atomic E-state index is 12.7. The van der Waals surface area contributed by atoms with Crippen LogP contribution >= 0.6 is 0 Å². The number of anilines is 1. The van der Waals surface area contributed by atoms with Crippen LogP contribution in [-0.4, -0.2) is 76.9 Å². The van der Waals surface area contributed by atoms with Crippen molar-refractivity contribution in [2.75, 3.05) is 31.1 Å². The van der Waals surface area contributed by atoms with E-state index in [9.17, 15) is 9.59 Å². The van der Waals surface area contributed by atoms with Gasteiger partial charge in [-0.3, -0.25) is 0 Å². The summed E-state index contributed by atoms with van der Waals surface area (Å²) in [5.41, 5.74) is 1.52. The highest BCUT2D eigenvalue weighted by atomic mass is 16.6. The van der Waals surface area contributed by atoms with Crippen LogP contribution in [0.4, 0.5) is 15.3 Å². The lowest BCUT2D eigenvalue weighted by Crippen LogP contribution is -2.57. The van der Waals surface area contributed by atoms with Crippen molar-refractivity contribution in [1.29, 1.82) is 0 Å². The first-order chi connectivity index (χ1) is 17.2. The van der Waals surface area contributed by atoms with Crippen molar-refractivity contribution >= 4 is 17.9 Å². The standard InChI is InChI=1S/C27H34N4O5/c1-27(2,3)36-26(33)30-16-23(17-30)35-24-13-20(11-12-28-24)31-21-9-10-22(31)15-29(14-21)25(32)34-18-19-7-5-4-6-8-19/h4-8,11-13,21-23H,9-10,14-18H2,1-3H3. The van der Waals surface area contributed by atoms with Gasteiger partial charge in [0.1, 0.15) is 18.3 Å². The van der Waals surface area contributed by atoms with Crippen LogP contribution in [0.2, 0.25) is 0 Å². The van der Waals surface area contributed by atoms with Gasteiger partial charge in [0.05, 0.1) is 13.1 Å². The van der Waals surface area contributed by atoms with Gasteiger partial charge in [-0.05, 0) is 45.2 Å². The molecule has 9 nitrogen and oxygen atoms in total. The molecule has 4 heterocycles. The first-order valence-electron chi connectivity index (χ1n) is 12.6. The fourth-order valence-corrected chi connectivity index (χ4v) is 5.07. The highest BCUT2D eigenvalue weighted by molar-refractivity contribution is 5.69. The lowest BCUT2D eigenvalue weighted by Gasteiger charge is -2.42. The number of benzene rings is 1. The van der Waals surface area contributed by atoms with E-state index in [0.717, 1.165) is 24.1 Å². The number of fused-ring (bicyclic) bond motifs is 2. The molecule has 2 bridgehead atoms. The van der Waals surface area contributed by atoms with E-state index in [2.05, 4.69) is 9.88 Å². The molecule has 9 heteroatoms. The number of carbonyl (C=O) groups excluding carboxylic acids is 2. The minimum atomic E-state index is -0.513. The lowest BCUT2D eigenvalue weighted by atomic mass is 10.1. The second-order valence-corrected chi connectivity index (χ2v) is 10.7. The largest absolute Gasteiger partial charge is 0.471 e. The molecule has 5 rings (SSSR count). The Morgan fingerprint density at radius 1 is 0.944 bits per heavy atom. The molecule has 1 aromatic heterocycles. The van der Waals surface area contributed by atoms with Crippen LogP contribution in [0, 0.1) is 0 Å². The van der Waals surface area contributed by atoms with Crippen molar-refractivity contribution in [2.45, 2.75) is 64.0 Å². The summed E-state index contributed by atoms with van der Waals surface area (Å²) in [6.45, 7) is 8.09. The average Bonchev–Trinajstić information content (AvgIpc) is 3.08. The highest BCUT2D eigenvalue weighted by Crippen LogP contribution is 2.36. The Bertz CT molecular complexity index is 1070. The molecule has 2 atom stereocenters. The lowest BCUT2D eigenvalue weighted by molar-refractivity contribution is -0.0232. The number of pyridine rings is 1. The first kappa shape index (κ1) is 24.2. The predicted octanol–water partition coefficient (Wildman–Crippen LogP) is 4.07. The summed E-state index contributed by atoms with van der Waals surface area (Å²) in [7, 11) is 0. The van der Waals surface area contributed by atoms with Gasteiger partial charge in [0.2, 0.25) is 5.88 Å². The second-order valence-electron chi connectivity index (χ2n) is 10.7. The Morgan fingerprint density at radius 2 is 1.61 bits per heavy atom. The Kier molecular flexibility index (Phi) is 6.64. The summed E-state index contributed by atoms with van der Waals surface area (Å²) in [6, 6.07) is 14.2. The summed E-state index contributed by atoms with van der Waals surface area (Å²) in [5.74, 6) is 0.547. The Morgan fingerprint density at radius 3 is 2.28 bits per heavy atom. The number of ether oxygens (including phenoxy) is 3. The molecule has 1 aromatic carbocycles. The van der Waals surface area contributed by atoms with Gasteiger partial charge in [-0.2, -0.15) is 0 Å². The molecule has 3 aliphatic rings. The van der Waals surface area contributed by atoms with Gasteiger partial charge in [0, 0.05) is 43.1 Å². The van der Waals surface area contributed by atoms with Crippen molar-refractivity contribution in [3.05, 3.63) is 54.2 Å². The number of aromatic nitrogens is 1. The van der Waals surface area contributed by atoms with E-state index >= 15 is 0 Å². The Hall–Kier alpha value is -3.49. The van der Waals surface area contributed by atoms with Crippen LogP contribution in [-0.2, 0) is 16.1 Å². The van der Waals surface area contributed by atoms with E-state index in [1.165, 1.54) is 0 Å². The summed E-state index contributed by atoms with van der Waals surface area (Å²) >= 11 is 0. The van der Waals surface area contributed by atoms with Crippen LogP contribution in [0.25, 0.3) is 0 Å². The van der Waals surface area contributed by atoms with Gasteiger partial charge in [0.15, 0.2) is 0 Å². The Balaban J connectivity index is 1.14. The number of piperazine rings is 1. The molecule has 3 aliphatic heterocycles. The minimum absolute atomic E-state index is 0.103. The summed E-state index contributed by atoms with van der Waals surface area (Å²) in [4.78, 5) is 35.1. The average molecular weight is 495 g/mol. The number of likely N-dealkylation sites (tertiary alicyclic amines) is 2. The quantitative estimate of drug-likeness (QED) is 0.620. The van der Waals surface area contributed by atoms with Gasteiger partial charge >= 0.3 is 12.2 Å². The molecule has 0 spiro atoms. The van der Waals surface area contributed by atoms with Crippen molar-refractivity contribution in [3.63, 3.8) is 0 Å². The third-order valence-corrected chi connectivity index (χ3v) is 6.75. The van der Waals surface area contributed by atoms with E-state index in [0.29, 0.717) is 32.1 Å². The SMILES string of the molecule is CC(C)(C)OC(=O)N1CC(Oc2cc(N3C4CCC3CN(C(=O)OCc3ccccc3)C4)ccn2)C1. The topological polar surface area (TPSA) is 84.4 Å². The van der Waals surface area contributed by atoms with E-state index in [1.54, 1.807) is 11.1 Å². The van der Waals surface area contributed by atoms with Gasteiger partial charge in [-0.25, -0.2) is 14.6 Å². The van der Waals surface area contributed by atoms with Gasteiger partial charge in [-0.15, -0.1) is 0 Å². The normalized spacial score (nSPS) is 21.7. The molecule has 0 saturated carbocycles. The van der Waals surface area contributed by atoms with Crippen molar-refractivity contribution in [2.24, 2.45) is 0 Å². The van der Waals surface area contributed by atoms with Crippen molar-refractivity contribution in [3.8, 4) is 5.88 Å². The highest BCUT2D eigenvalue weighted by Gasteiger charge is 2.42. The van der Waals surface area contributed by atoms with Crippen LogP contribution in [0.5, 0.6) is 5.88 Å². The molecular weight excluding hydrogens is 460 g/mol. The zero-order valence-corrected chi connectivity index (χ0v) is 21.1. The molecule has 36 heavy (non-hydrogen) atoms. The van der Waals surface area contributed by atoms with Crippen molar-refractivity contribution < 1.29 is 23.8 Å². The van der Waals surface area contributed by atoms with Crippen LogP contribution in [0.1, 0.15) is 39.2 Å². The van der Waals surface area contributed by atoms with Crippen LogP contribution in [0.15, 0.2) is 48.7 Å². The van der Waals surface area contributed by atoms with Crippen molar-refractivity contribution in [1.82, 2.24) is 14.8 Å². The van der Waals surface area contributed by atoms with Crippen LogP contribution < -0.4 is 9.64 Å². The number of amides is 2. The number of hydrogen-bond acceptors (Lipinski definition) is 7. The molecule has 0 aliphatic carbocycles. The minimum Gasteiger partial charge on any atom is -0.471 e. The molecule has 0 radical (unpaired) electrons. The zero-order chi connectivity index (χ0) is 25.3. The fourth-order valence-electron chi connectivity index (χ4n) is 5.07.